The first-order chi connectivity index (χ1) is 11.4. The molecule has 8 heteroatoms. The van der Waals surface area contributed by atoms with Gasteiger partial charge in [0.1, 0.15) is 10.3 Å². The second-order valence-electron chi connectivity index (χ2n) is 7.48. The van der Waals surface area contributed by atoms with Crippen molar-refractivity contribution in [2.24, 2.45) is 11.8 Å². The topological polar surface area (TPSA) is 85.5 Å². The molecule has 1 aromatic rings. The van der Waals surface area contributed by atoms with E-state index in [9.17, 15) is 8.42 Å². The number of nitrogens with zero attached hydrogens (tertiary/aromatic N) is 3. The van der Waals surface area contributed by atoms with Gasteiger partial charge in [-0.2, -0.15) is 4.31 Å². The largest absolute Gasteiger partial charge is 0.423 e. The van der Waals surface area contributed by atoms with E-state index in [1.807, 2.05) is 13.8 Å². The fourth-order valence-electron chi connectivity index (χ4n) is 4.66. The summed E-state index contributed by atoms with van der Waals surface area (Å²) in [4.78, 5) is 0. The van der Waals surface area contributed by atoms with Gasteiger partial charge in [-0.05, 0) is 37.5 Å². The van der Waals surface area contributed by atoms with Gasteiger partial charge in [0.05, 0.1) is 6.61 Å². The van der Waals surface area contributed by atoms with Gasteiger partial charge in [-0.3, -0.25) is 0 Å². The first-order valence-electron chi connectivity index (χ1n) is 8.76. The maximum Gasteiger partial charge on any atom is 0.238 e. The average Bonchev–Trinajstić information content (AvgIpc) is 2.90. The van der Waals surface area contributed by atoms with Crippen LogP contribution in [0, 0.1) is 11.8 Å². The number of aryl methyl sites for hydroxylation is 1. The van der Waals surface area contributed by atoms with Crippen molar-refractivity contribution >= 4 is 10.0 Å². The minimum absolute atomic E-state index is 0.118. The smallest absolute Gasteiger partial charge is 0.238 e. The van der Waals surface area contributed by atoms with E-state index in [1.54, 1.807) is 11.4 Å². The zero-order valence-electron chi connectivity index (χ0n) is 14.5. The molecular formula is C16H25N3O4S. The van der Waals surface area contributed by atoms with Gasteiger partial charge in [-0.25, -0.2) is 8.42 Å². The van der Waals surface area contributed by atoms with Gasteiger partial charge < -0.3 is 9.15 Å². The summed E-state index contributed by atoms with van der Waals surface area (Å²) in [6.45, 7) is 4.72. The van der Waals surface area contributed by atoms with E-state index >= 15 is 0 Å². The summed E-state index contributed by atoms with van der Waals surface area (Å²) in [5, 5.41) is 8.30. The maximum absolute atomic E-state index is 13.5. The van der Waals surface area contributed by atoms with Crippen LogP contribution in [-0.4, -0.2) is 47.9 Å². The van der Waals surface area contributed by atoms with Crippen molar-refractivity contribution in [3.05, 3.63) is 11.8 Å². The van der Waals surface area contributed by atoms with Gasteiger partial charge in [0.2, 0.25) is 21.8 Å². The molecule has 0 N–H and O–H groups in total. The zero-order chi connectivity index (χ0) is 17.2. The quantitative estimate of drug-likeness (QED) is 0.772. The number of hydrogen-bond acceptors (Lipinski definition) is 6. The van der Waals surface area contributed by atoms with E-state index in [2.05, 4.69) is 10.2 Å². The number of fused-ring (bicyclic) bond motifs is 1. The number of hydrogen-bond donors (Lipinski definition) is 0. The molecule has 2 saturated carbocycles. The lowest BCUT2D eigenvalue weighted by molar-refractivity contribution is 0.0378. The Kier molecular flexibility index (Phi) is 3.61. The molecule has 2 heterocycles. The van der Waals surface area contributed by atoms with Crippen LogP contribution < -0.4 is 0 Å². The lowest BCUT2D eigenvalue weighted by Gasteiger charge is -2.47. The fraction of sp³-hybridized carbons (Fsp3) is 0.875. The van der Waals surface area contributed by atoms with Crippen molar-refractivity contribution in [3.8, 4) is 0 Å². The summed E-state index contributed by atoms with van der Waals surface area (Å²) >= 11 is 0. The molecule has 4 rings (SSSR count). The molecule has 134 valence electrons. The highest BCUT2D eigenvalue weighted by molar-refractivity contribution is 7.91. The third-order valence-corrected chi connectivity index (χ3v) is 9.20. The highest BCUT2D eigenvalue weighted by Gasteiger charge is 2.70. The summed E-state index contributed by atoms with van der Waals surface area (Å²) in [5.41, 5.74) is -0.623. The van der Waals surface area contributed by atoms with Gasteiger partial charge in [0.25, 0.3) is 0 Å². The molecule has 24 heavy (non-hydrogen) atoms. The van der Waals surface area contributed by atoms with Gasteiger partial charge >= 0.3 is 0 Å². The molecule has 4 atom stereocenters. The number of sulfonamides is 1. The summed E-state index contributed by atoms with van der Waals surface area (Å²) in [7, 11) is -1.92. The third-order valence-electron chi connectivity index (χ3n) is 6.40. The van der Waals surface area contributed by atoms with E-state index in [0.717, 1.165) is 19.3 Å². The molecule has 3 fully saturated rings. The second-order valence-corrected chi connectivity index (χ2v) is 9.69. The highest BCUT2D eigenvalue weighted by Crippen LogP contribution is 2.61. The molecule has 3 aliphatic rings. The minimum Gasteiger partial charge on any atom is -0.423 e. The maximum atomic E-state index is 13.5. The predicted octanol–water partition coefficient (Wildman–Crippen LogP) is 1.70. The molecule has 0 spiro atoms. The molecule has 1 aliphatic heterocycles. The van der Waals surface area contributed by atoms with Crippen LogP contribution in [0.5, 0.6) is 0 Å². The van der Waals surface area contributed by atoms with E-state index in [-0.39, 0.29) is 18.4 Å². The van der Waals surface area contributed by atoms with Crippen LogP contribution in [0.25, 0.3) is 0 Å². The first kappa shape index (κ1) is 16.5. The van der Waals surface area contributed by atoms with Gasteiger partial charge in [0.15, 0.2) is 0 Å². The van der Waals surface area contributed by atoms with Crippen LogP contribution in [0.15, 0.2) is 4.42 Å². The van der Waals surface area contributed by atoms with Crippen molar-refractivity contribution < 1.29 is 17.6 Å². The Morgan fingerprint density at radius 2 is 2.12 bits per heavy atom. The average molecular weight is 355 g/mol. The molecule has 7 nitrogen and oxygen atoms in total. The van der Waals surface area contributed by atoms with Crippen LogP contribution >= 0.6 is 0 Å². The molecule has 1 aromatic heterocycles. The van der Waals surface area contributed by atoms with Crippen LogP contribution in [0.4, 0.5) is 0 Å². The van der Waals surface area contributed by atoms with Gasteiger partial charge in [0, 0.05) is 20.1 Å². The molecule has 0 unspecified atom stereocenters. The van der Waals surface area contributed by atoms with Crippen LogP contribution in [0.1, 0.15) is 51.3 Å². The Labute approximate surface area is 142 Å². The minimum atomic E-state index is -3.49. The standard InChI is InChI=1S/C16H25N3O4S/c1-4-13-17-18-14(23-13)16-7-5-12(16)6-8-19(16)24(20,21)15(10-22-3)9-11(15)2/h11-12H,4-10H2,1-3H3/t11-,12-,15+,16-/m0/s1. The molecule has 0 aromatic carbocycles. The van der Waals surface area contributed by atoms with Crippen molar-refractivity contribution in [1.82, 2.24) is 14.5 Å². The predicted molar refractivity (Wildman–Crippen MR) is 86.7 cm³/mol. The van der Waals surface area contributed by atoms with E-state index in [0.29, 0.717) is 31.2 Å². The number of rotatable bonds is 6. The van der Waals surface area contributed by atoms with Crippen LogP contribution in [-0.2, 0) is 26.7 Å². The summed E-state index contributed by atoms with van der Waals surface area (Å²) in [6.07, 6.45) is 3.96. The zero-order valence-corrected chi connectivity index (χ0v) is 15.3. The van der Waals surface area contributed by atoms with Crippen molar-refractivity contribution in [3.63, 3.8) is 0 Å². The molecule has 0 amide bonds. The summed E-state index contributed by atoms with van der Waals surface area (Å²) in [5.74, 6) is 1.46. The molecule has 0 bridgehead atoms. The number of methoxy groups -OCH3 is 1. The fourth-order valence-corrected chi connectivity index (χ4v) is 7.43. The normalized spacial score (nSPS) is 38.8. The summed E-state index contributed by atoms with van der Waals surface area (Å²) in [6, 6.07) is 0. The Morgan fingerprint density at radius 3 is 2.62 bits per heavy atom. The van der Waals surface area contributed by atoms with Gasteiger partial charge in [-0.1, -0.05) is 13.8 Å². The summed E-state index contributed by atoms with van der Waals surface area (Å²) < 4.78 is 39.0. The molecule has 2 aliphatic carbocycles. The Balaban J connectivity index is 1.75. The molecule has 0 radical (unpaired) electrons. The van der Waals surface area contributed by atoms with Crippen molar-refractivity contribution in [2.45, 2.75) is 56.2 Å². The Hall–Kier alpha value is -0.990. The van der Waals surface area contributed by atoms with E-state index in [4.69, 9.17) is 9.15 Å². The van der Waals surface area contributed by atoms with Gasteiger partial charge in [-0.15, -0.1) is 10.2 Å². The SMILES string of the molecule is CCc1nnc([C@]23CC[C@H]2CCN3S(=O)(=O)[C@@]2(COC)C[C@@H]2C)o1. The van der Waals surface area contributed by atoms with Crippen LogP contribution in [0.2, 0.25) is 0 Å². The van der Waals surface area contributed by atoms with Crippen LogP contribution in [0.3, 0.4) is 0 Å². The highest BCUT2D eigenvalue weighted by atomic mass is 32.2. The lowest BCUT2D eigenvalue weighted by atomic mass is 9.68. The Bertz CT molecular complexity index is 748. The lowest BCUT2D eigenvalue weighted by Crippen LogP contribution is -2.57. The third kappa shape index (κ3) is 1.87. The first-order valence-corrected chi connectivity index (χ1v) is 10.2. The number of aromatic nitrogens is 2. The second kappa shape index (κ2) is 5.25. The Morgan fingerprint density at radius 1 is 1.38 bits per heavy atom. The van der Waals surface area contributed by atoms with Crippen molar-refractivity contribution in [1.29, 1.82) is 0 Å². The van der Waals surface area contributed by atoms with E-state index in [1.165, 1.54) is 0 Å². The molecular weight excluding hydrogens is 330 g/mol. The molecule has 1 saturated heterocycles. The monoisotopic (exact) mass is 355 g/mol. The van der Waals surface area contributed by atoms with E-state index < -0.39 is 20.3 Å². The number of ether oxygens (including phenoxy) is 1. The van der Waals surface area contributed by atoms with Crippen molar-refractivity contribution in [2.75, 3.05) is 20.3 Å².